The molecule has 1 amide bonds. The summed E-state index contributed by atoms with van der Waals surface area (Å²) in [5.41, 5.74) is 3.40. The van der Waals surface area contributed by atoms with Crippen LogP contribution in [0.2, 0.25) is 10.0 Å². The summed E-state index contributed by atoms with van der Waals surface area (Å²) in [6.45, 7) is 4.68. The van der Waals surface area contributed by atoms with Crippen LogP contribution in [-0.4, -0.2) is 25.5 Å². The molecule has 0 radical (unpaired) electrons. The quantitative estimate of drug-likeness (QED) is 0.302. The minimum absolute atomic E-state index is 0.194. The number of rotatable bonds is 7. The predicted octanol–water partition coefficient (Wildman–Crippen LogP) is 6.10. The van der Waals surface area contributed by atoms with Gasteiger partial charge in [0.2, 0.25) is 0 Å². The van der Waals surface area contributed by atoms with Crippen LogP contribution in [0.1, 0.15) is 27.2 Å². The number of halogens is 3. The molecular formula is C23H20BrCl2N5O2. The van der Waals surface area contributed by atoms with Crippen LogP contribution in [-0.2, 0) is 13.3 Å². The van der Waals surface area contributed by atoms with Gasteiger partial charge in [0.15, 0.2) is 18.2 Å². The Labute approximate surface area is 209 Å². The molecule has 0 aliphatic carbocycles. The van der Waals surface area contributed by atoms with Crippen LogP contribution >= 0.6 is 39.1 Å². The van der Waals surface area contributed by atoms with Gasteiger partial charge in [0.05, 0.1) is 21.1 Å². The molecule has 4 rings (SSSR count). The number of carbonyl (C=O) groups is 1. The summed E-state index contributed by atoms with van der Waals surface area (Å²) in [6, 6.07) is 13.0. The first-order chi connectivity index (χ1) is 15.8. The minimum atomic E-state index is -0.374. The Morgan fingerprint density at radius 3 is 2.64 bits per heavy atom. The lowest BCUT2D eigenvalue weighted by Gasteiger charge is -2.09. The van der Waals surface area contributed by atoms with Crippen LogP contribution in [0.15, 0.2) is 59.3 Å². The van der Waals surface area contributed by atoms with Crippen LogP contribution in [0.3, 0.4) is 0 Å². The number of carbonyl (C=O) groups excluding carboxylic acids is 1. The Bertz CT molecular complexity index is 1320. The van der Waals surface area contributed by atoms with Crippen LogP contribution in [0.4, 0.5) is 5.82 Å². The van der Waals surface area contributed by atoms with Gasteiger partial charge in [-0.2, -0.15) is 10.2 Å². The van der Waals surface area contributed by atoms with Crippen LogP contribution in [0, 0.1) is 13.8 Å². The second-order valence-electron chi connectivity index (χ2n) is 7.51. The maximum Gasteiger partial charge on any atom is 0.277 e. The topological polar surface area (TPSA) is 74.0 Å². The van der Waals surface area contributed by atoms with Crippen molar-refractivity contribution in [2.24, 2.45) is 0 Å². The summed E-state index contributed by atoms with van der Waals surface area (Å²) in [7, 11) is 0. The van der Waals surface area contributed by atoms with Gasteiger partial charge < -0.3 is 10.1 Å². The van der Waals surface area contributed by atoms with Gasteiger partial charge in [0.1, 0.15) is 5.75 Å². The number of aryl methyl sites for hydroxylation is 2. The highest BCUT2D eigenvalue weighted by molar-refractivity contribution is 9.10. The number of hydrogen-bond donors (Lipinski definition) is 1. The third-order valence-electron chi connectivity index (χ3n) is 4.83. The molecule has 0 aliphatic rings. The van der Waals surface area contributed by atoms with Crippen molar-refractivity contribution >= 4 is 50.9 Å². The van der Waals surface area contributed by atoms with Crippen molar-refractivity contribution in [2.45, 2.75) is 27.1 Å². The lowest BCUT2D eigenvalue weighted by Crippen LogP contribution is -2.15. The van der Waals surface area contributed by atoms with Crippen molar-refractivity contribution in [2.75, 3.05) is 5.32 Å². The molecule has 170 valence electrons. The number of amides is 1. The van der Waals surface area contributed by atoms with E-state index < -0.39 is 0 Å². The second-order valence-corrected chi connectivity index (χ2v) is 9.18. The number of aromatic nitrogens is 4. The summed E-state index contributed by atoms with van der Waals surface area (Å²) < 4.78 is 9.71. The first-order valence-electron chi connectivity index (χ1n) is 10.0. The summed E-state index contributed by atoms with van der Waals surface area (Å²) in [6.07, 6.45) is 3.46. The summed E-state index contributed by atoms with van der Waals surface area (Å²) >= 11 is 15.5. The van der Waals surface area contributed by atoms with E-state index in [1.54, 1.807) is 40.0 Å². The van der Waals surface area contributed by atoms with Gasteiger partial charge in [-0.1, -0.05) is 47.0 Å². The molecule has 2 aromatic heterocycles. The first kappa shape index (κ1) is 23.4. The fourth-order valence-electron chi connectivity index (χ4n) is 3.21. The molecule has 4 aromatic rings. The van der Waals surface area contributed by atoms with E-state index in [9.17, 15) is 4.79 Å². The van der Waals surface area contributed by atoms with E-state index in [1.807, 2.05) is 32.0 Å². The molecule has 0 spiro atoms. The molecule has 0 saturated heterocycles. The molecule has 0 unspecified atom stereocenters. The molecule has 0 fully saturated rings. The number of benzene rings is 2. The maximum atomic E-state index is 12.7. The van der Waals surface area contributed by atoms with Gasteiger partial charge in [0, 0.05) is 12.4 Å². The number of ether oxygens (including phenoxy) is 1. The van der Waals surface area contributed by atoms with Gasteiger partial charge in [-0.25, -0.2) is 4.68 Å². The standard InChI is InChI=1S/C23H20BrCl2N5O2/c1-14-3-6-21(15(2)9-14)33-13-30-8-7-20(28-30)23(32)27-22-17(24)12-31(29-22)11-16-4-5-18(25)19(26)10-16/h3-10,12H,11,13H2,1-2H3,(H,27,29,32). The zero-order valence-corrected chi connectivity index (χ0v) is 20.9. The van der Waals surface area contributed by atoms with Crippen molar-refractivity contribution in [3.05, 3.63) is 91.8 Å². The van der Waals surface area contributed by atoms with Crippen molar-refractivity contribution in [1.82, 2.24) is 19.6 Å². The fourth-order valence-corrected chi connectivity index (χ4v) is 3.95. The van der Waals surface area contributed by atoms with Gasteiger partial charge in [-0.3, -0.25) is 9.48 Å². The van der Waals surface area contributed by atoms with Gasteiger partial charge in [-0.05, 0) is 65.2 Å². The molecule has 2 heterocycles. The number of nitrogens with one attached hydrogen (secondary N) is 1. The Morgan fingerprint density at radius 2 is 1.88 bits per heavy atom. The predicted molar refractivity (Wildman–Crippen MR) is 132 cm³/mol. The SMILES string of the molecule is Cc1ccc(OCn2ccc(C(=O)Nc3nn(Cc4ccc(Cl)c(Cl)c4)cc3Br)n2)c(C)c1. The van der Waals surface area contributed by atoms with E-state index in [2.05, 4.69) is 37.5 Å². The number of anilines is 1. The summed E-state index contributed by atoms with van der Waals surface area (Å²) in [5, 5.41) is 12.5. The summed E-state index contributed by atoms with van der Waals surface area (Å²) in [5.74, 6) is 0.792. The molecule has 10 heteroatoms. The number of nitrogens with zero attached hydrogens (tertiary/aromatic N) is 4. The third-order valence-corrected chi connectivity index (χ3v) is 6.15. The average Bonchev–Trinajstić information content (AvgIpc) is 3.37. The third kappa shape index (κ3) is 5.76. The smallest absolute Gasteiger partial charge is 0.277 e. The molecule has 2 aromatic carbocycles. The van der Waals surface area contributed by atoms with E-state index in [0.717, 1.165) is 16.9 Å². The molecule has 0 saturated carbocycles. The van der Waals surface area contributed by atoms with Crippen LogP contribution < -0.4 is 10.1 Å². The molecule has 33 heavy (non-hydrogen) atoms. The largest absolute Gasteiger partial charge is 0.471 e. The normalized spacial score (nSPS) is 10.9. The monoisotopic (exact) mass is 547 g/mol. The van der Waals surface area contributed by atoms with E-state index in [0.29, 0.717) is 26.9 Å². The molecule has 0 aliphatic heterocycles. The molecule has 0 atom stereocenters. The Balaban J connectivity index is 1.38. The Morgan fingerprint density at radius 1 is 1.06 bits per heavy atom. The van der Waals surface area contributed by atoms with E-state index in [4.69, 9.17) is 27.9 Å². The minimum Gasteiger partial charge on any atom is -0.471 e. The summed E-state index contributed by atoms with van der Waals surface area (Å²) in [4.78, 5) is 12.7. The molecule has 1 N–H and O–H groups in total. The zero-order valence-electron chi connectivity index (χ0n) is 17.8. The van der Waals surface area contributed by atoms with Gasteiger partial charge in [-0.15, -0.1) is 0 Å². The zero-order chi connectivity index (χ0) is 23.5. The molecule has 7 nitrogen and oxygen atoms in total. The maximum absolute atomic E-state index is 12.7. The average molecular weight is 549 g/mol. The van der Waals surface area contributed by atoms with E-state index >= 15 is 0 Å². The Kier molecular flexibility index (Phi) is 7.07. The fraction of sp³-hybridized carbons (Fsp3) is 0.174. The first-order valence-corrected chi connectivity index (χ1v) is 11.5. The van der Waals surface area contributed by atoms with Crippen molar-refractivity contribution in [3.8, 4) is 5.75 Å². The van der Waals surface area contributed by atoms with E-state index in [1.165, 1.54) is 5.56 Å². The van der Waals surface area contributed by atoms with Gasteiger partial charge >= 0.3 is 0 Å². The number of hydrogen-bond acceptors (Lipinski definition) is 4. The lowest BCUT2D eigenvalue weighted by molar-refractivity contribution is 0.101. The Hall–Kier alpha value is -2.81. The highest BCUT2D eigenvalue weighted by atomic mass is 79.9. The van der Waals surface area contributed by atoms with Gasteiger partial charge in [0.25, 0.3) is 5.91 Å². The highest BCUT2D eigenvalue weighted by Gasteiger charge is 2.15. The van der Waals surface area contributed by atoms with E-state index in [-0.39, 0.29) is 18.3 Å². The highest BCUT2D eigenvalue weighted by Crippen LogP contribution is 2.25. The molecule has 0 bridgehead atoms. The van der Waals surface area contributed by atoms with Crippen LogP contribution in [0.5, 0.6) is 5.75 Å². The lowest BCUT2D eigenvalue weighted by atomic mass is 10.1. The molecular weight excluding hydrogens is 529 g/mol. The van der Waals surface area contributed by atoms with Crippen molar-refractivity contribution < 1.29 is 9.53 Å². The van der Waals surface area contributed by atoms with Crippen molar-refractivity contribution in [1.29, 1.82) is 0 Å². The van der Waals surface area contributed by atoms with Crippen molar-refractivity contribution in [3.63, 3.8) is 0 Å². The second kappa shape index (κ2) is 9.99. The van der Waals surface area contributed by atoms with Crippen LogP contribution in [0.25, 0.3) is 0 Å².